The summed E-state index contributed by atoms with van der Waals surface area (Å²) < 4.78 is 0. The fourth-order valence-electron chi connectivity index (χ4n) is 2.88. The Morgan fingerprint density at radius 1 is 1.09 bits per heavy atom. The summed E-state index contributed by atoms with van der Waals surface area (Å²) in [5.74, 6) is 1.00. The Morgan fingerprint density at radius 2 is 1.91 bits per heavy atom. The molecular formula is C19H18N4. The number of nitrogens with zero attached hydrogens (tertiary/aromatic N) is 2. The van der Waals surface area contributed by atoms with Gasteiger partial charge in [0.2, 0.25) is 5.95 Å². The molecule has 1 aliphatic rings. The predicted octanol–water partition coefficient (Wildman–Crippen LogP) is 3.77. The van der Waals surface area contributed by atoms with Crippen LogP contribution in [0.5, 0.6) is 0 Å². The van der Waals surface area contributed by atoms with Crippen molar-refractivity contribution in [3.8, 4) is 0 Å². The number of fused-ring (bicyclic) bond motifs is 1. The minimum absolute atomic E-state index is 0.337. The smallest absolute Gasteiger partial charge is 0.222 e. The van der Waals surface area contributed by atoms with Crippen LogP contribution < -0.4 is 5.32 Å². The monoisotopic (exact) mass is 302 g/mol. The fourth-order valence-corrected chi connectivity index (χ4v) is 2.88. The summed E-state index contributed by atoms with van der Waals surface area (Å²) in [6, 6.07) is 12.4. The molecule has 1 aromatic carbocycles. The standard InChI is InChI=1S/C19H18N4/c1-2-4-14(5-3-1)11-21-19-22-12-17(13-23-19)16-7-6-15-8-9-20-18(15)10-16/h1-9,12-13,16,20H,10-11H2,(H,21,22,23). The number of anilines is 1. The molecule has 0 saturated heterocycles. The molecule has 4 rings (SSSR count). The zero-order chi connectivity index (χ0) is 15.5. The van der Waals surface area contributed by atoms with Gasteiger partial charge in [-0.3, -0.25) is 0 Å². The number of H-pyrrole nitrogens is 1. The molecule has 1 unspecified atom stereocenters. The molecule has 0 saturated carbocycles. The minimum Gasteiger partial charge on any atom is -0.364 e. The average Bonchev–Trinajstić information content (AvgIpc) is 3.09. The summed E-state index contributed by atoms with van der Waals surface area (Å²) in [6.07, 6.45) is 11.2. The largest absolute Gasteiger partial charge is 0.364 e. The maximum Gasteiger partial charge on any atom is 0.222 e. The molecule has 2 aromatic heterocycles. The normalized spacial score (nSPS) is 16.1. The lowest BCUT2D eigenvalue weighted by Crippen LogP contribution is -2.08. The van der Waals surface area contributed by atoms with Crippen LogP contribution in [0.3, 0.4) is 0 Å². The third kappa shape index (κ3) is 3.01. The van der Waals surface area contributed by atoms with E-state index in [0.717, 1.165) is 18.5 Å². The topological polar surface area (TPSA) is 53.6 Å². The van der Waals surface area contributed by atoms with Crippen LogP contribution in [0.4, 0.5) is 5.95 Å². The predicted molar refractivity (Wildman–Crippen MR) is 92.1 cm³/mol. The highest BCUT2D eigenvalue weighted by molar-refractivity contribution is 5.57. The molecule has 23 heavy (non-hydrogen) atoms. The first-order valence-electron chi connectivity index (χ1n) is 7.83. The van der Waals surface area contributed by atoms with Gasteiger partial charge in [-0.15, -0.1) is 0 Å². The first-order valence-corrected chi connectivity index (χ1v) is 7.83. The third-order valence-electron chi connectivity index (χ3n) is 4.19. The van der Waals surface area contributed by atoms with Gasteiger partial charge in [0, 0.05) is 36.7 Å². The van der Waals surface area contributed by atoms with Crippen LogP contribution in [0, 0.1) is 0 Å². The van der Waals surface area contributed by atoms with Crippen LogP contribution >= 0.6 is 0 Å². The van der Waals surface area contributed by atoms with Crippen molar-refractivity contribution in [2.24, 2.45) is 0 Å². The third-order valence-corrected chi connectivity index (χ3v) is 4.19. The van der Waals surface area contributed by atoms with Gasteiger partial charge in [0.15, 0.2) is 0 Å². The number of benzene rings is 1. The second-order valence-corrected chi connectivity index (χ2v) is 5.76. The van der Waals surface area contributed by atoms with Crippen LogP contribution in [-0.2, 0) is 13.0 Å². The Kier molecular flexibility index (Phi) is 3.64. The van der Waals surface area contributed by atoms with Crippen molar-refractivity contribution in [3.05, 3.63) is 83.4 Å². The molecule has 0 bridgehead atoms. The van der Waals surface area contributed by atoms with Crippen LogP contribution in [0.15, 0.2) is 61.1 Å². The Hall–Kier alpha value is -2.88. The lowest BCUT2D eigenvalue weighted by molar-refractivity contribution is 0.795. The van der Waals surface area contributed by atoms with Gasteiger partial charge in [-0.1, -0.05) is 42.5 Å². The molecule has 114 valence electrons. The minimum atomic E-state index is 0.337. The molecule has 0 spiro atoms. The Morgan fingerprint density at radius 3 is 2.74 bits per heavy atom. The van der Waals surface area contributed by atoms with Crippen molar-refractivity contribution in [1.82, 2.24) is 15.0 Å². The first-order chi connectivity index (χ1) is 11.4. The van der Waals surface area contributed by atoms with Gasteiger partial charge in [0.05, 0.1) is 0 Å². The molecule has 1 aliphatic carbocycles. The van der Waals surface area contributed by atoms with E-state index in [4.69, 9.17) is 0 Å². The molecule has 0 radical (unpaired) electrons. The van der Waals surface area contributed by atoms with E-state index in [-0.39, 0.29) is 0 Å². The highest BCUT2D eigenvalue weighted by Crippen LogP contribution is 2.28. The van der Waals surface area contributed by atoms with Gasteiger partial charge in [-0.05, 0) is 29.2 Å². The quantitative estimate of drug-likeness (QED) is 0.771. The number of hydrogen-bond donors (Lipinski definition) is 2. The van der Waals surface area contributed by atoms with Crippen molar-refractivity contribution in [2.45, 2.75) is 18.9 Å². The fraction of sp³-hybridized carbons (Fsp3) is 0.158. The van der Waals surface area contributed by atoms with Gasteiger partial charge < -0.3 is 10.3 Å². The molecule has 2 N–H and O–H groups in total. The summed E-state index contributed by atoms with van der Waals surface area (Å²) in [6.45, 7) is 0.732. The van der Waals surface area contributed by atoms with E-state index >= 15 is 0 Å². The zero-order valence-corrected chi connectivity index (χ0v) is 12.7. The summed E-state index contributed by atoms with van der Waals surface area (Å²) in [5, 5.41) is 3.26. The van der Waals surface area contributed by atoms with Crippen LogP contribution in [0.1, 0.15) is 28.3 Å². The molecular weight excluding hydrogens is 284 g/mol. The SMILES string of the molecule is C1=CC(c2cnc(NCc3ccccc3)nc2)Cc2[nH]ccc21. The molecule has 2 heterocycles. The number of aromatic nitrogens is 3. The Bertz CT molecular complexity index is 803. The Balaban J connectivity index is 1.42. The van der Waals surface area contributed by atoms with E-state index in [1.807, 2.05) is 36.8 Å². The van der Waals surface area contributed by atoms with Gasteiger partial charge in [0.25, 0.3) is 0 Å². The highest BCUT2D eigenvalue weighted by Gasteiger charge is 2.16. The second kappa shape index (κ2) is 6.08. The van der Waals surface area contributed by atoms with Crippen molar-refractivity contribution in [3.63, 3.8) is 0 Å². The lowest BCUT2D eigenvalue weighted by atomic mass is 9.90. The second-order valence-electron chi connectivity index (χ2n) is 5.76. The molecule has 4 nitrogen and oxygen atoms in total. The van der Waals surface area contributed by atoms with Crippen molar-refractivity contribution in [2.75, 3.05) is 5.32 Å². The maximum atomic E-state index is 4.45. The number of rotatable bonds is 4. The molecule has 0 aliphatic heterocycles. The highest BCUT2D eigenvalue weighted by atomic mass is 15.1. The summed E-state index contributed by atoms with van der Waals surface area (Å²) >= 11 is 0. The summed E-state index contributed by atoms with van der Waals surface area (Å²) in [5.41, 5.74) is 4.92. The Labute approximate surface area is 135 Å². The van der Waals surface area contributed by atoms with Crippen molar-refractivity contribution < 1.29 is 0 Å². The zero-order valence-electron chi connectivity index (χ0n) is 12.7. The van der Waals surface area contributed by atoms with Gasteiger partial charge in [-0.2, -0.15) is 0 Å². The van der Waals surface area contributed by atoms with Gasteiger partial charge >= 0.3 is 0 Å². The van der Waals surface area contributed by atoms with E-state index in [1.165, 1.54) is 16.8 Å². The maximum absolute atomic E-state index is 4.45. The van der Waals surface area contributed by atoms with Crippen LogP contribution in [0.2, 0.25) is 0 Å². The molecule has 3 aromatic rings. The van der Waals surface area contributed by atoms with Crippen LogP contribution in [-0.4, -0.2) is 15.0 Å². The molecule has 0 fully saturated rings. The summed E-state index contributed by atoms with van der Waals surface area (Å²) in [7, 11) is 0. The number of nitrogens with one attached hydrogen (secondary N) is 2. The van der Waals surface area contributed by atoms with Gasteiger partial charge in [-0.25, -0.2) is 9.97 Å². The van der Waals surface area contributed by atoms with E-state index in [0.29, 0.717) is 11.9 Å². The number of hydrogen-bond acceptors (Lipinski definition) is 3. The summed E-state index contributed by atoms with van der Waals surface area (Å²) in [4.78, 5) is 12.2. The van der Waals surface area contributed by atoms with E-state index in [2.05, 4.69) is 50.6 Å². The van der Waals surface area contributed by atoms with E-state index < -0.39 is 0 Å². The van der Waals surface area contributed by atoms with E-state index in [1.54, 1.807) is 0 Å². The van der Waals surface area contributed by atoms with E-state index in [9.17, 15) is 0 Å². The lowest BCUT2D eigenvalue weighted by Gasteiger charge is -2.17. The van der Waals surface area contributed by atoms with Gasteiger partial charge in [0.1, 0.15) is 0 Å². The van der Waals surface area contributed by atoms with Crippen molar-refractivity contribution in [1.29, 1.82) is 0 Å². The first kappa shape index (κ1) is 13.8. The molecule has 4 heteroatoms. The molecule has 0 amide bonds. The van der Waals surface area contributed by atoms with Crippen LogP contribution in [0.25, 0.3) is 6.08 Å². The average molecular weight is 302 g/mol. The number of allylic oxidation sites excluding steroid dienone is 1. The molecule has 1 atom stereocenters. The number of aromatic amines is 1. The van der Waals surface area contributed by atoms with Crippen molar-refractivity contribution >= 4 is 12.0 Å².